The second-order valence-corrected chi connectivity index (χ2v) is 5.37. The summed E-state index contributed by atoms with van der Waals surface area (Å²) in [4.78, 5) is 0. The van der Waals surface area contributed by atoms with Crippen molar-refractivity contribution in [1.29, 1.82) is 0 Å². The Morgan fingerprint density at radius 3 is 2.65 bits per heavy atom. The van der Waals surface area contributed by atoms with E-state index >= 15 is 0 Å². The standard InChI is InChI=1S/C14H23F2N3O/c1-4-19-13(11(20-3)9-18-19)12(17-2)10-5-7-14(15,16)8-6-10/h9-10,12,17H,4-8H2,1-3H3. The number of methoxy groups -OCH3 is 1. The first-order chi connectivity index (χ1) is 9.52. The lowest BCUT2D eigenvalue weighted by atomic mass is 9.81. The maximum Gasteiger partial charge on any atom is 0.248 e. The third kappa shape index (κ3) is 2.95. The van der Waals surface area contributed by atoms with Crippen molar-refractivity contribution >= 4 is 0 Å². The van der Waals surface area contributed by atoms with Crippen molar-refractivity contribution in [2.24, 2.45) is 5.92 Å². The Labute approximate surface area is 118 Å². The van der Waals surface area contributed by atoms with E-state index in [-0.39, 0.29) is 24.8 Å². The van der Waals surface area contributed by atoms with Crippen molar-refractivity contribution in [2.75, 3.05) is 14.2 Å². The fourth-order valence-corrected chi connectivity index (χ4v) is 3.09. The minimum atomic E-state index is -2.50. The van der Waals surface area contributed by atoms with Crippen molar-refractivity contribution in [3.05, 3.63) is 11.9 Å². The number of aromatic nitrogens is 2. The molecule has 0 bridgehead atoms. The molecular formula is C14H23F2N3O. The van der Waals surface area contributed by atoms with Gasteiger partial charge >= 0.3 is 0 Å². The molecule has 0 aromatic carbocycles. The van der Waals surface area contributed by atoms with Crippen LogP contribution in [0.2, 0.25) is 0 Å². The maximum atomic E-state index is 13.3. The molecule has 1 aromatic rings. The van der Waals surface area contributed by atoms with E-state index in [1.807, 2.05) is 18.7 Å². The zero-order chi connectivity index (χ0) is 14.8. The monoisotopic (exact) mass is 287 g/mol. The second kappa shape index (κ2) is 6.08. The molecule has 0 spiro atoms. The Morgan fingerprint density at radius 1 is 1.50 bits per heavy atom. The fraction of sp³-hybridized carbons (Fsp3) is 0.786. The summed E-state index contributed by atoms with van der Waals surface area (Å²) in [5.41, 5.74) is 0.965. The van der Waals surface area contributed by atoms with E-state index in [1.54, 1.807) is 13.3 Å². The summed E-state index contributed by atoms with van der Waals surface area (Å²) >= 11 is 0. The lowest BCUT2D eigenvalue weighted by molar-refractivity contribution is -0.0498. The summed E-state index contributed by atoms with van der Waals surface area (Å²) in [6, 6.07) is 0.00324. The van der Waals surface area contributed by atoms with Crippen LogP contribution in [0.1, 0.15) is 44.3 Å². The highest BCUT2D eigenvalue weighted by atomic mass is 19.3. The van der Waals surface area contributed by atoms with E-state index in [0.717, 1.165) is 18.0 Å². The van der Waals surface area contributed by atoms with Crippen LogP contribution in [0.25, 0.3) is 0 Å². The van der Waals surface area contributed by atoms with Crippen molar-refractivity contribution < 1.29 is 13.5 Å². The van der Waals surface area contributed by atoms with Crippen LogP contribution in [0.5, 0.6) is 5.75 Å². The summed E-state index contributed by atoms with van der Waals surface area (Å²) in [5.74, 6) is -1.58. The van der Waals surface area contributed by atoms with Gasteiger partial charge in [-0.25, -0.2) is 8.78 Å². The number of hydrogen-bond donors (Lipinski definition) is 1. The Balaban J connectivity index is 2.22. The van der Waals surface area contributed by atoms with Crippen molar-refractivity contribution in [2.45, 2.75) is 51.1 Å². The van der Waals surface area contributed by atoms with Crippen LogP contribution in [0.4, 0.5) is 8.78 Å². The third-order valence-corrected chi connectivity index (χ3v) is 4.20. The predicted molar refractivity (Wildman–Crippen MR) is 73.2 cm³/mol. The number of aryl methyl sites for hydroxylation is 1. The number of hydrogen-bond acceptors (Lipinski definition) is 3. The average Bonchev–Trinajstić information content (AvgIpc) is 2.84. The van der Waals surface area contributed by atoms with E-state index in [4.69, 9.17) is 4.74 Å². The van der Waals surface area contributed by atoms with E-state index in [9.17, 15) is 8.78 Å². The van der Waals surface area contributed by atoms with Gasteiger partial charge in [-0.2, -0.15) is 5.10 Å². The minimum absolute atomic E-state index is 0.00324. The molecule has 4 nitrogen and oxygen atoms in total. The Morgan fingerprint density at radius 2 is 2.15 bits per heavy atom. The zero-order valence-electron chi connectivity index (χ0n) is 12.3. The molecule has 0 aliphatic heterocycles. The van der Waals surface area contributed by atoms with Gasteiger partial charge in [0.25, 0.3) is 0 Å². The van der Waals surface area contributed by atoms with Gasteiger partial charge in [-0.3, -0.25) is 4.68 Å². The number of halogens is 2. The molecule has 1 saturated carbocycles. The van der Waals surface area contributed by atoms with Crippen LogP contribution in [-0.2, 0) is 6.54 Å². The number of rotatable bonds is 5. The van der Waals surface area contributed by atoms with E-state index in [2.05, 4.69) is 10.4 Å². The summed E-state index contributed by atoms with van der Waals surface area (Å²) in [5, 5.41) is 7.57. The van der Waals surface area contributed by atoms with Crippen LogP contribution in [0.3, 0.4) is 0 Å². The second-order valence-electron chi connectivity index (χ2n) is 5.37. The van der Waals surface area contributed by atoms with Crippen molar-refractivity contribution in [3.63, 3.8) is 0 Å². The topological polar surface area (TPSA) is 39.1 Å². The van der Waals surface area contributed by atoms with Crippen LogP contribution in [0, 0.1) is 5.92 Å². The SMILES string of the molecule is CCn1ncc(OC)c1C(NC)C1CCC(F)(F)CC1. The lowest BCUT2D eigenvalue weighted by Crippen LogP contribution is -2.34. The van der Waals surface area contributed by atoms with Gasteiger partial charge < -0.3 is 10.1 Å². The Kier molecular flexibility index (Phi) is 4.62. The molecule has 2 rings (SSSR count). The van der Waals surface area contributed by atoms with Crippen LogP contribution < -0.4 is 10.1 Å². The molecule has 1 aliphatic rings. The quantitative estimate of drug-likeness (QED) is 0.905. The Hall–Kier alpha value is -1.17. The lowest BCUT2D eigenvalue weighted by Gasteiger charge is -2.34. The Bertz CT molecular complexity index is 416. The highest BCUT2D eigenvalue weighted by Crippen LogP contribution is 2.42. The number of ether oxygens (including phenoxy) is 1. The molecular weight excluding hydrogens is 264 g/mol. The van der Waals surface area contributed by atoms with E-state index in [0.29, 0.717) is 12.8 Å². The molecule has 1 atom stereocenters. The van der Waals surface area contributed by atoms with Crippen LogP contribution in [-0.4, -0.2) is 29.9 Å². The first kappa shape index (κ1) is 15.2. The summed E-state index contributed by atoms with van der Waals surface area (Å²) in [6.07, 6.45) is 2.69. The van der Waals surface area contributed by atoms with Gasteiger partial charge in [0.05, 0.1) is 25.0 Å². The normalized spacial score (nSPS) is 20.9. The summed E-state index contributed by atoms with van der Waals surface area (Å²) in [7, 11) is 3.48. The molecule has 20 heavy (non-hydrogen) atoms. The van der Waals surface area contributed by atoms with Gasteiger partial charge in [0.2, 0.25) is 5.92 Å². The van der Waals surface area contributed by atoms with Gasteiger partial charge in [0, 0.05) is 19.4 Å². The summed E-state index contributed by atoms with van der Waals surface area (Å²) in [6.45, 7) is 2.75. The van der Waals surface area contributed by atoms with E-state index in [1.165, 1.54) is 0 Å². The zero-order valence-corrected chi connectivity index (χ0v) is 12.3. The predicted octanol–water partition coefficient (Wildman–Crippen LogP) is 3.00. The smallest absolute Gasteiger partial charge is 0.248 e. The molecule has 1 fully saturated rings. The fourth-order valence-electron chi connectivity index (χ4n) is 3.09. The molecule has 1 N–H and O–H groups in total. The highest BCUT2D eigenvalue weighted by Gasteiger charge is 2.39. The van der Waals surface area contributed by atoms with Gasteiger partial charge in [-0.1, -0.05) is 0 Å². The molecule has 114 valence electrons. The minimum Gasteiger partial charge on any atom is -0.493 e. The number of nitrogens with one attached hydrogen (secondary N) is 1. The number of nitrogens with zero attached hydrogens (tertiary/aromatic N) is 2. The molecule has 6 heteroatoms. The van der Waals surface area contributed by atoms with Crippen LogP contribution in [0.15, 0.2) is 6.20 Å². The van der Waals surface area contributed by atoms with Crippen molar-refractivity contribution in [1.82, 2.24) is 15.1 Å². The molecule has 0 saturated heterocycles. The molecule has 0 amide bonds. The largest absolute Gasteiger partial charge is 0.493 e. The molecule has 0 radical (unpaired) electrons. The van der Waals surface area contributed by atoms with Gasteiger partial charge in [0.1, 0.15) is 0 Å². The van der Waals surface area contributed by atoms with Gasteiger partial charge in [-0.15, -0.1) is 0 Å². The first-order valence-electron chi connectivity index (χ1n) is 7.17. The van der Waals surface area contributed by atoms with Gasteiger partial charge in [-0.05, 0) is 32.7 Å². The van der Waals surface area contributed by atoms with E-state index < -0.39 is 5.92 Å². The molecule has 1 aromatic heterocycles. The maximum absolute atomic E-state index is 13.3. The number of alkyl halides is 2. The van der Waals surface area contributed by atoms with Gasteiger partial charge in [0.15, 0.2) is 5.75 Å². The third-order valence-electron chi connectivity index (χ3n) is 4.20. The van der Waals surface area contributed by atoms with Crippen LogP contribution >= 0.6 is 0 Å². The first-order valence-corrected chi connectivity index (χ1v) is 7.17. The summed E-state index contributed by atoms with van der Waals surface area (Å²) < 4.78 is 33.9. The highest BCUT2D eigenvalue weighted by molar-refractivity contribution is 5.29. The molecule has 1 unspecified atom stereocenters. The molecule has 1 heterocycles. The average molecular weight is 287 g/mol. The van der Waals surface area contributed by atoms with Crippen molar-refractivity contribution in [3.8, 4) is 5.75 Å². The molecule has 1 aliphatic carbocycles.